The Morgan fingerprint density at radius 2 is 1.65 bits per heavy atom. The van der Waals surface area contributed by atoms with Gasteiger partial charge in [0.15, 0.2) is 0 Å². The van der Waals surface area contributed by atoms with Crippen molar-refractivity contribution < 1.29 is 4.57 Å². The standard InChI is InChI=1S/C18H20ClN2OP/c1-14-13-18(15-7-5-4-6-8-15)23(22,20(2)3)21(14)17-11-9-16(19)10-12-17/h4-13,18H,1-3H3. The molecule has 0 aromatic heterocycles. The predicted molar refractivity (Wildman–Crippen MR) is 98.2 cm³/mol. The summed E-state index contributed by atoms with van der Waals surface area (Å²) in [5.74, 6) is 0. The van der Waals surface area contributed by atoms with Gasteiger partial charge in [-0.1, -0.05) is 41.9 Å². The van der Waals surface area contributed by atoms with Crippen LogP contribution in [-0.2, 0) is 4.57 Å². The van der Waals surface area contributed by atoms with E-state index in [1.54, 1.807) is 0 Å². The van der Waals surface area contributed by atoms with Crippen LogP contribution in [-0.4, -0.2) is 18.8 Å². The minimum atomic E-state index is -2.85. The normalized spacial score (nSPS) is 24.1. The molecule has 5 heteroatoms. The van der Waals surface area contributed by atoms with Crippen LogP contribution in [0.4, 0.5) is 5.69 Å². The van der Waals surface area contributed by atoms with Crippen LogP contribution in [0.15, 0.2) is 66.4 Å². The topological polar surface area (TPSA) is 23.6 Å². The fourth-order valence-electron chi connectivity index (χ4n) is 3.07. The zero-order chi connectivity index (χ0) is 16.6. The molecule has 0 N–H and O–H groups in total. The first-order valence-electron chi connectivity index (χ1n) is 7.51. The van der Waals surface area contributed by atoms with Gasteiger partial charge in [0.1, 0.15) is 0 Å². The lowest BCUT2D eigenvalue weighted by atomic mass is 10.1. The second kappa shape index (κ2) is 6.16. The van der Waals surface area contributed by atoms with Crippen LogP contribution < -0.4 is 4.67 Å². The molecule has 0 fully saturated rings. The van der Waals surface area contributed by atoms with Crippen molar-refractivity contribution in [3.05, 3.63) is 77.0 Å². The molecule has 2 atom stereocenters. The average molecular weight is 347 g/mol. The molecule has 3 rings (SSSR count). The maximum atomic E-state index is 14.0. The van der Waals surface area contributed by atoms with E-state index in [4.69, 9.17) is 11.6 Å². The SMILES string of the molecule is CC1=CC(c2ccccc2)P(=O)(N(C)C)N1c1ccc(Cl)cc1. The number of hydrogen-bond donors (Lipinski definition) is 0. The molecule has 1 aliphatic heterocycles. The third kappa shape index (κ3) is 2.74. The summed E-state index contributed by atoms with van der Waals surface area (Å²) in [5.41, 5.74) is 2.83. The maximum Gasteiger partial charge on any atom is 0.254 e. The van der Waals surface area contributed by atoms with E-state index in [0.29, 0.717) is 5.02 Å². The Labute approximate surface area is 142 Å². The van der Waals surface area contributed by atoms with Crippen LogP contribution in [0.25, 0.3) is 0 Å². The Bertz CT molecular complexity index is 771. The Kier molecular flexibility index (Phi) is 4.37. The summed E-state index contributed by atoms with van der Waals surface area (Å²) in [4.78, 5) is 0. The zero-order valence-corrected chi connectivity index (χ0v) is 15.1. The van der Waals surface area contributed by atoms with Crippen molar-refractivity contribution in [3.63, 3.8) is 0 Å². The van der Waals surface area contributed by atoms with E-state index >= 15 is 0 Å². The first-order valence-corrected chi connectivity index (χ1v) is 9.57. The van der Waals surface area contributed by atoms with E-state index in [1.807, 2.05) is 85.0 Å². The van der Waals surface area contributed by atoms with E-state index in [2.05, 4.69) is 6.08 Å². The average Bonchev–Trinajstić information content (AvgIpc) is 2.82. The van der Waals surface area contributed by atoms with Gasteiger partial charge in [-0.15, -0.1) is 0 Å². The summed E-state index contributed by atoms with van der Waals surface area (Å²) >= 11 is 6.00. The monoisotopic (exact) mass is 346 g/mol. The van der Waals surface area contributed by atoms with Gasteiger partial charge in [0.2, 0.25) is 0 Å². The Balaban J connectivity index is 2.12. The first-order chi connectivity index (χ1) is 10.9. The molecule has 1 heterocycles. The lowest BCUT2D eigenvalue weighted by Gasteiger charge is -2.36. The largest absolute Gasteiger partial charge is 0.283 e. The van der Waals surface area contributed by atoms with Crippen molar-refractivity contribution >= 4 is 24.7 Å². The molecule has 1 aliphatic rings. The van der Waals surface area contributed by atoms with Crippen LogP contribution in [0.3, 0.4) is 0 Å². The fourth-order valence-corrected chi connectivity index (χ4v) is 6.25. The van der Waals surface area contributed by atoms with E-state index in [9.17, 15) is 4.57 Å². The van der Waals surface area contributed by atoms with Crippen molar-refractivity contribution in [2.45, 2.75) is 12.6 Å². The van der Waals surface area contributed by atoms with Crippen molar-refractivity contribution in [3.8, 4) is 0 Å². The number of hydrogen-bond acceptors (Lipinski definition) is 1. The third-order valence-corrected chi connectivity index (χ3v) is 7.86. The van der Waals surface area contributed by atoms with E-state index in [1.165, 1.54) is 0 Å². The van der Waals surface area contributed by atoms with Gasteiger partial charge in [-0.05, 0) is 56.9 Å². The highest BCUT2D eigenvalue weighted by Crippen LogP contribution is 2.70. The second-order valence-corrected chi connectivity index (χ2v) is 9.26. The van der Waals surface area contributed by atoms with Crippen molar-refractivity contribution in [1.29, 1.82) is 0 Å². The molecule has 0 radical (unpaired) electrons. The van der Waals surface area contributed by atoms with Crippen LogP contribution in [0, 0.1) is 0 Å². The summed E-state index contributed by atoms with van der Waals surface area (Å²) < 4.78 is 17.9. The van der Waals surface area contributed by atoms with Gasteiger partial charge >= 0.3 is 0 Å². The number of halogens is 1. The molecule has 2 aromatic rings. The molecule has 0 amide bonds. The zero-order valence-electron chi connectivity index (χ0n) is 13.5. The molecule has 0 bridgehead atoms. The van der Waals surface area contributed by atoms with Crippen molar-refractivity contribution in [2.75, 3.05) is 18.8 Å². The molecule has 0 saturated heterocycles. The van der Waals surface area contributed by atoms with E-state index in [0.717, 1.165) is 16.9 Å². The van der Waals surface area contributed by atoms with Crippen LogP contribution in [0.5, 0.6) is 0 Å². The van der Waals surface area contributed by atoms with Crippen molar-refractivity contribution in [2.24, 2.45) is 0 Å². The lowest BCUT2D eigenvalue weighted by molar-refractivity contribution is 0.510. The third-order valence-electron chi connectivity index (χ3n) is 4.17. The highest BCUT2D eigenvalue weighted by atomic mass is 35.5. The first kappa shape index (κ1) is 16.3. The van der Waals surface area contributed by atoms with Gasteiger partial charge in [0, 0.05) is 16.4 Å². The van der Waals surface area contributed by atoms with E-state index < -0.39 is 7.44 Å². The number of benzene rings is 2. The van der Waals surface area contributed by atoms with E-state index in [-0.39, 0.29) is 5.66 Å². The van der Waals surface area contributed by atoms with Crippen LogP contribution >= 0.6 is 19.0 Å². The molecule has 0 spiro atoms. The van der Waals surface area contributed by atoms with Gasteiger partial charge in [-0.2, -0.15) is 0 Å². The summed E-state index contributed by atoms with van der Waals surface area (Å²) in [7, 11) is 0.916. The van der Waals surface area contributed by atoms with Gasteiger partial charge in [0.25, 0.3) is 7.44 Å². The fraction of sp³-hybridized carbons (Fsp3) is 0.222. The molecule has 2 aromatic carbocycles. The molecule has 23 heavy (non-hydrogen) atoms. The molecular weight excluding hydrogens is 327 g/mol. The summed E-state index contributed by atoms with van der Waals surface area (Å²) in [6, 6.07) is 17.5. The predicted octanol–water partition coefficient (Wildman–Crippen LogP) is 5.56. The molecule has 3 nitrogen and oxygen atoms in total. The molecular formula is C18H20ClN2OP. The van der Waals surface area contributed by atoms with Gasteiger partial charge in [-0.25, -0.2) is 4.67 Å². The van der Waals surface area contributed by atoms with Gasteiger partial charge in [-0.3, -0.25) is 9.24 Å². The van der Waals surface area contributed by atoms with Gasteiger partial charge < -0.3 is 0 Å². The number of nitrogens with zero attached hydrogens (tertiary/aromatic N) is 2. The summed E-state index contributed by atoms with van der Waals surface area (Å²) in [5, 5.41) is 0.675. The Hall–Kier alpha value is -1.54. The second-order valence-electron chi connectivity index (χ2n) is 5.89. The van der Waals surface area contributed by atoms with Crippen LogP contribution in [0.2, 0.25) is 5.02 Å². The maximum absolute atomic E-state index is 14.0. The highest BCUT2D eigenvalue weighted by molar-refractivity contribution is 7.64. The molecule has 0 saturated carbocycles. The molecule has 120 valence electrons. The number of allylic oxidation sites excluding steroid dienone is 2. The quantitative estimate of drug-likeness (QED) is 0.680. The van der Waals surface area contributed by atoms with Crippen molar-refractivity contribution in [1.82, 2.24) is 4.67 Å². The molecule has 0 aliphatic carbocycles. The lowest BCUT2D eigenvalue weighted by Crippen LogP contribution is -2.24. The minimum absolute atomic E-state index is 0.144. The number of rotatable bonds is 3. The Morgan fingerprint density at radius 1 is 1.04 bits per heavy atom. The number of anilines is 1. The molecule has 2 unspecified atom stereocenters. The minimum Gasteiger partial charge on any atom is -0.283 e. The summed E-state index contributed by atoms with van der Waals surface area (Å²) in [6.45, 7) is 2.01. The smallest absolute Gasteiger partial charge is 0.254 e. The Morgan fingerprint density at radius 3 is 2.22 bits per heavy atom. The highest BCUT2D eigenvalue weighted by Gasteiger charge is 2.46. The summed E-state index contributed by atoms with van der Waals surface area (Å²) in [6.07, 6.45) is 2.10. The van der Waals surface area contributed by atoms with Crippen LogP contribution in [0.1, 0.15) is 18.1 Å². The van der Waals surface area contributed by atoms with Gasteiger partial charge in [0.05, 0.1) is 5.66 Å².